The lowest BCUT2D eigenvalue weighted by Gasteiger charge is -2.14. The molecule has 1 unspecified atom stereocenters. The summed E-state index contributed by atoms with van der Waals surface area (Å²) in [5, 5.41) is 15.2. The van der Waals surface area contributed by atoms with Gasteiger partial charge in [0.2, 0.25) is 0 Å². The first-order valence-electron chi connectivity index (χ1n) is 10.8. The Morgan fingerprint density at radius 3 is 2.82 bits per heavy atom. The van der Waals surface area contributed by atoms with Crippen molar-refractivity contribution in [3.63, 3.8) is 0 Å². The highest BCUT2D eigenvalue weighted by molar-refractivity contribution is 7.99. The lowest BCUT2D eigenvalue weighted by atomic mass is 10.1. The van der Waals surface area contributed by atoms with Crippen molar-refractivity contribution >= 4 is 46.6 Å². The number of carbonyl (C=O) groups is 1. The number of nitrogens with two attached hydrogens (primary N) is 1. The van der Waals surface area contributed by atoms with E-state index >= 15 is 0 Å². The van der Waals surface area contributed by atoms with E-state index in [2.05, 4.69) is 34.5 Å². The Balaban J connectivity index is 1.90. The molecule has 0 amide bonds. The van der Waals surface area contributed by atoms with Crippen LogP contribution in [0, 0.1) is 0 Å². The number of anilines is 1. The van der Waals surface area contributed by atoms with Gasteiger partial charge >= 0.3 is 5.97 Å². The van der Waals surface area contributed by atoms with Crippen molar-refractivity contribution in [1.82, 2.24) is 14.4 Å². The van der Waals surface area contributed by atoms with Crippen LogP contribution in [0.5, 0.6) is 0 Å². The molecule has 0 aliphatic rings. The zero-order valence-corrected chi connectivity index (χ0v) is 20.6. The Hall–Kier alpha value is -2.69. The Kier molecular flexibility index (Phi) is 8.65. The molecular formula is C23H29N5O3S2. The second-order valence-electron chi connectivity index (χ2n) is 7.81. The first kappa shape index (κ1) is 24.9. The van der Waals surface area contributed by atoms with Crippen LogP contribution in [-0.2, 0) is 17.6 Å². The molecule has 0 aromatic carbocycles. The third-order valence-electron chi connectivity index (χ3n) is 4.96. The fourth-order valence-electron chi connectivity index (χ4n) is 3.22. The van der Waals surface area contributed by atoms with Gasteiger partial charge in [-0.3, -0.25) is 9.20 Å². The van der Waals surface area contributed by atoms with Gasteiger partial charge in [0.25, 0.3) is 5.56 Å². The van der Waals surface area contributed by atoms with Gasteiger partial charge < -0.3 is 16.2 Å². The molecule has 4 N–H and O–H groups in total. The van der Waals surface area contributed by atoms with Crippen molar-refractivity contribution in [2.45, 2.75) is 44.9 Å². The molecule has 0 aliphatic heterocycles. The van der Waals surface area contributed by atoms with Gasteiger partial charge in [-0.25, -0.2) is 14.8 Å². The molecule has 0 saturated carbocycles. The number of pyridine rings is 1. The summed E-state index contributed by atoms with van der Waals surface area (Å²) >= 11 is 3.25. The minimum atomic E-state index is -1.14. The van der Waals surface area contributed by atoms with E-state index in [4.69, 9.17) is 10.8 Å². The summed E-state index contributed by atoms with van der Waals surface area (Å²) < 4.78 is 1.43. The molecule has 1 atom stereocenters. The highest BCUT2D eigenvalue weighted by atomic mass is 32.2. The normalized spacial score (nSPS) is 12.6. The molecular weight excluding hydrogens is 458 g/mol. The van der Waals surface area contributed by atoms with Crippen LogP contribution in [0.25, 0.3) is 11.7 Å². The fourth-order valence-corrected chi connectivity index (χ4v) is 4.80. The Bertz CT molecular complexity index is 1200. The molecule has 8 nitrogen and oxygen atoms in total. The predicted octanol–water partition coefficient (Wildman–Crippen LogP) is 3.61. The molecule has 0 radical (unpaired) electrons. The number of fused-ring (bicyclic) bond motifs is 1. The molecule has 0 aliphatic carbocycles. The number of carboxylic acids is 1. The highest BCUT2D eigenvalue weighted by Gasteiger charge is 2.13. The molecule has 33 heavy (non-hydrogen) atoms. The maximum Gasteiger partial charge on any atom is 0.328 e. The summed E-state index contributed by atoms with van der Waals surface area (Å²) in [6.45, 7) is 6.68. The van der Waals surface area contributed by atoms with Crippen LogP contribution in [0.1, 0.15) is 48.5 Å². The molecule has 3 rings (SSSR count). The fraction of sp³-hybridized carbons (Fsp3) is 0.391. The molecule has 0 bridgehead atoms. The van der Waals surface area contributed by atoms with E-state index < -0.39 is 5.97 Å². The first-order valence-corrected chi connectivity index (χ1v) is 12.7. The van der Waals surface area contributed by atoms with Crippen LogP contribution in [0.15, 0.2) is 34.6 Å². The predicted molar refractivity (Wildman–Crippen MR) is 136 cm³/mol. The van der Waals surface area contributed by atoms with Crippen molar-refractivity contribution < 1.29 is 9.90 Å². The number of aliphatic carboxylic acids is 1. The number of thiazole rings is 1. The summed E-state index contributed by atoms with van der Waals surface area (Å²) in [4.78, 5) is 33.4. The van der Waals surface area contributed by atoms with Crippen LogP contribution < -0.4 is 16.6 Å². The van der Waals surface area contributed by atoms with Gasteiger partial charge in [-0.1, -0.05) is 20.8 Å². The number of rotatable bonds is 11. The summed E-state index contributed by atoms with van der Waals surface area (Å²) in [5.41, 5.74) is 8.55. The second kappa shape index (κ2) is 11.4. The minimum absolute atomic E-state index is 0.174. The number of aromatic nitrogens is 3. The number of thioether (sulfide) groups is 1. The summed E-state index contributed by atoms with van der Waals surface area (Å²) in [7, 11) is 0. The number of carboxylic acid groups (broad SMARTS) is 1. The maximum absolute atomic E-state index is 13.1. The number of hydrogen-bond donors (Lipinski definition) is 3. The van der Waals surface area contributed by atoms with Gasteiger partial charge in [0, 0.05) is 30.6 Å². The van der Waals surface area contributed by atoms with E-state index in [0.717, 1.165) is 40.9 Å². The Morgan fingerprint density at radius 1 is 1.36 bits per heavy atom. The van der Waals surface area contributed by atoms with Gasteiger partial charge in [-0.05, 0) is 41.9 Å². The van der Waals surface area contributed by atoms with Gasteiger partial charge in [-0.15, -0.1) is 23.1 Å². The lowest BCUT2D eigenvalue weighted by molar-refractivity contribution is -0.131. The van der Waals surface area contributed by atoms with Crippen LogP contribution in [0.2, 0.25) is 0 Å². The standard InChI is InChI=1S/C23H29N5O3S2/c1-4-32-18(24)12-25-22-16(6-8-21(29)30)23(31)28-10-9-15(11-19(28)27-22)5-7-20-26-17(13-33-20)14(2)3/h6,8-11,13-14,18,25H,4-5,7,12,24H2,1-3H3,(H,29,30). The number of nitrogens with one attached hydrogen (secondary N) is 1. The van der Waals surface area contributed by atoms with E-state index in [1.165, 1.54) is 10.5 Å². The largest absolute Gasteiger partial charge is 0.478 e. The third-order valence-corrected chi connectivity index (χ3v) is 6.82. The molecule has 176 valence electrons. The van der Waals surface area contributed by atoms with E-state index in [9.17, 15) is 9.59 Å². The molecule has 10 heteroatoms. The third kappa shape index (κ3) is 6.66. The van der Waals surface area contributed by atoms with E-state index in [-0.39, 0.29) is 16.5 Å². The Morgan fingerprint density at radius 2 is 2.15 bits per heavy atom. The number of aryl methyl sites for hydroxylation is 2. The van der Waals surface area contributed by atoms with Crippen LogP contribution in [0.3, 0.4) is 0 Å². The van der Waals surface area contributed by atoms with Crippen molar-refractivity contribution in [2.24, 2.45) is 5.73 Å². The lowest BCUT2D eigenvalue weighted by Crippen LogP contribution is -2.28. The summed E-state index contributed by atoms with van der Waals surface area (Å²) in [6, 6.07) is 3.77. The van der Waals surface area contributed by atoms with Gasteiger partial charge in [-0.2, -0.15) is 0 Å². The van der Waals surface area contributed by atoms with Gasteiger partial charge in [0.15, 0.2) is 0 Å². The van der Waals surface area contributed by atoms with Crippen molar-refractivity contribution in [1.29, 1.82) is 0 Å². The highest BCUT2D eigenvalue weighted by Crippen LogP contribution is 2.20. The summed E-state index contributed by atoms with van der Waals surface area (Å²) in [5.74, 6) is 0.458. The molecule has 3 heterocycles. The zero-order chi connectivity index (χ0) is 24.0. The SMILES string of the molecule is CCSC(N)CNc1nc2cc(CCc3nc(C(C)C)cs3)ccn2c(=O)c1C=CC(=O)O. The molecule has 0 saturated heterocycles. The van der Waals surface area contributed by atoms with E-state index in [1.54, 1.807) is 29.3 Å². The van der Waals surface area contributed by atoms with Crippen molar-refractivity contribution in [3.8, 4) is 0 Å². The molecule has 0 fully saturated rings. The first-order chi connectivity index (χ1) is 15.8. The van der Waals surface area contributed by atoms with Gasteiger partial charge in [0.05, 0.1) is 21.6 Å². The van der Waals surface area contributed by atoms with Crippen molar-refractivity contribution in [2.75, 3.05) is 17.6 Å². The van der Waals surface area contributed by atoms with Crippen LogP contribution in [-0.4, -0.2) is 43.1 Å². The average molecular weight is 488 g/mol. The molecule has 0 spiro atoms. The smallest absolute Gasteiger partial charge is 0.328 e. The molecule has 3 aromatic rings. The number of hydrogen-bond acceptors (Lipinski definition) is 8. The van der Waals surface area contributed by atoms with E-state index in [1.807, 2.05) is 19.1 Å². The maximum atomic E-state index is 13.1. The van der Waals surface area contributed by atoms with Gasteiger partial charge in [0.1, 0.15) is 11.5 Å². The second-order valence-corrected chi connectivity index (χ2v) is 10.3. The quantitative estimate of drug-likeness (QED) is 0.277. The van der Waals surface area contributed by atoms with Crippen LogP contribution in [0.4, 0.5) is 5.82 Å². The zero-order valence-electron chi connectivity index (χ0n) is 18.9. The minimum Gasteiger partial charge on any atom is -0.478 e. The van der Waals surface area contributed by atoms with Crippen molar-refractivity contribution in [3.05, 3.63) is 62.0 Å². The Labute approximate surface area is 201 Å². The average Bonchev–Trinajstić information content (AvgIpc) is 3.25. The summed E-state index contributed by atoms with van der Waals surface area (Å²) in [6.07, 6.45) is 5.48. The molecule has 3 aromatic heterocycles. The topological polar surface area (TPSA) is 123 Å². The van der Waals surface area contributed by atoms with E-state index in [0.29, 0.717) is 23.9 Å². The van der Waals surface area contributed by atoms with Crippen LogP contribution >= 0.6 is 23.1 Å². The monoisotopic (exact) mass is 487 g/mol. The number of nitrogens with zero attached hydrogens (tertiary/aromatic N) is 3.